The Hall–Kier alpha value is -2.61. The van der Waals surface area contributed by atoms with E-state index >= 15 is 0 Å². The van der Waals surface area contributed by atoms with Gasteiger partial charge in [0.1, 0.15) is 5.75 Å². The van der Waals surface area contributed by atoms with Crippen LogP contribution in [0.4, 0.5) is 0 Å². The molecule has 0 N–H and O–H groups in total. The maximum absolute atomic E-state index is 12.0. The number of ether oxygens (including phenoxy) is 1. The van der Waals surface area contributed by atoms with Crippen molar-refractivity contribution in [2.75, 3.05) is 6.61 Å². The fraction of sp³-hybridized carbons (Fsp3) is 0.227. The van der Waals surface area contributed by atoms with Gasteiger partial charge in [-0.3, -0.25) is 4.79 Å². The van der Waals surface area contributed by atoms with Gasteiger partial charge in [-0.05, 0) is 42.2 Å². The highest BCUT2D eigenvalue weighted by Crippen LogP contribution is 2.20. The molecule has 0 bridgehead atoms. The van der Waals surface area contributed by atoms with Crippen LogP contribution in [0.2, 0.25) is 0 Å². The third-order valence-corrected chi connectivity index (χ3v) is 4.13. The minimum absolute atomic E-state index is 0.228. The molecule has 3 rings (SSSR count). The minimum atomic E-state index is 0.228. The van der Waals surface area contributed by atoms with E-state index in [0.717, 1.165) is 30.6 Å². The fourth-order valence-electron chi connectivity index (χ4n) is 2.78. The lowest BCUT2D eigenvalue weighted by Gasteiger charge is -2.07. The Kier molecular flexibility index (Phi) is 5.62. The molecule has 0 aliphatic rings. The number of ketones is 1. The number of hydrogen-bond acceptors (Lipinski definition) is 2. The van der Waals surface area contributed by atoms with Crippen molar-refractivity contribution in [1.82, 2.24) is 0 Å². The fourth-order valence-corrected chi connectivity index (χ4v) is 2.78. The van der Waals surface area contributed by atoms with Crippen molar-refractivity contribution in [1.29, 1.82) is 0 Å². The van der Waals surface area contributed by atoms with Crippen LogP contribution in [0.5, 0.6) is 5.75 Å². The van der Waals surface area contributed by atoms with Gasteiger partial charge in [0, 0.05) is 12.0 Å². The second-order valence-corrected chi connectivity index (χ2v) is 5.96. The Bertz CT molecular complexity index is 793. The maximum atomic E-state index is 12.0. The van der Waals surface area contributed by atoms with Gasteiger partial charge >= 0.3 is 0 Å². The molecule has 122 valence electrons. The number of rotatable bonds is 8. The molecule has 0 aromatic heterocycles. The van der Waals surface area contributed by atoms with E-state index in [0.29, 0.717) is 13.0 Å². The predicted octanol–water partition coefficient (Wildman–Crippen LogP) is 5.66. The molecule has 3 aromatic rings. The first-order valence-corrected chi connectivity index (χ1v) is 8.53. The molecule has 0 atom stereocenters. The molecule has 2 nitrogen and oxygen atoms in total. The summed E-state index contributed by atoms with van der Waals surface area (Å²) in [6, 6.07) is 24.0. The van der Waals surface area contributed by atoms with Crippen molar-refractivity contribution in [3.63, 3.8) is 0 Å². The Morgan fingerprint density at radius 3 is 2.33 bits per heavy atom. The molecular formula is C22H22O2. The summed E-state index contributed by atoms with van der Waals surface area (Å²) in [4.78, 5) is 12.0. The lowest BCUT2D eigenvalue weighted by Crippen LogP contribution is -2.00. The zero-order valence-electron chi connectivity index (χ0n) is 13.8. The van der Waals surface area contributed by atoms with E-state index in [1.54, 1.807) is 0 Å². The molecule has 0 aliphatic heterocycles. The number of unbranched alkanes of at least 4 members (excludes halogenated alkanes) is 2. The number of carbonyl (C=O) groups is 1. The Morgan fingerprint density at radius 1 is 0.750 bits per heavy atom. The molecule has 0 amide bonds. The highest BCUT2D eigenvalue weighted by atomic mass is 16.5. The molecule has 0 unspecified atom stereocenters. The van der Waals surface area contributed by atoms with E-state index in [9.17, 15) is 4.79 Å². The standard InChI is InChI=1S/C22H22O2/c23-22(19-10-3-1-4-11-19)13-5-2-8-16-24-21-15-14-18-9-6-7-12-20(18)17-21/h1,3-4,6-7,9-12,14-15,17H,2,5,8,13,16H2. The van der Waals surface area contributed by atoms with E-state index in [-0.39, 0.29) is 5.78 Å². The van der Waals surface area contributed by atoms with Crippen LogP contribution in [0.1, 0.15) is 36.0 Å². The topological polar surface area (TPSA) is 26.3 Å². The van der Waals surface area contributed by atoms with E-state index in [1.807, 2.05) is 48.5 Å². The van der Waals surface area contributed by atoms with Gasteiger partial charge in [-0.25, -0.2) is 0 Å². The van der Waals surface area contributed by atoms with Gasteiger partial charge in [0.05, 0.1) is 6.61 Å². The van der Waals surface area contributed by atoms with E-state index in [4.69, 9.17) is 4.74 Å². The number of fused-ring (bicyclic) bond motifs is 1. The predicted molar refractivity (Wildman–Crippen MR) is 98.7 cm³/mol. The quantitative estimate of drug-likeness (QED) is 0.395. The molecule has 2 heteroatoms. The Balaban J connectivity index is 1.37. The average molecular weight is 318 g/mol. The zero-order valence-corrected chi connectivity index (χ0v) is 13.8. The molecule has 0 fully saturated rings. The molecule has 24 heavy (non-hydrogen) atoms. The third kappa shape index (κ3) is 4.45. The van der Waals surface area contributed by atoms with Gasteiger partial charge in [-0.2, -0.15) is 0 Å². The largest absolute Gasteiger partial charge is 0.494 e. The molecule has 0 saturated heterocycles. The molecule has 0 radical (unpaired) electrons. The van der Waals surface area contributed by atoms with Gasteiger partial charge < -0.3 is 4.74 Å². The zero-order chi connectivity index (χ0) is 16.6. The van der Waals surface area contributed by atoms with Crippen molar-refractivity contribution < 1.29 is 9.53 Å². The summed E-state index contributed by atoms with van der Waals surface area (Å²) in [5.41, 5.74) is 0.810. The van der Waals surface area contributed by atoms with Crippen molar-refractivity contribution in [2.24, 2.45) is 0 Å². The first-order chi connectivity index (χ1) is 11.8. The van der Waals surface area contributed by atoms with E-state index < -0.39 is 0 Å². The molecule has 0 heterocycles. The molecule has 0 saturated carbocycles. The van der Waals surface area contributed by atoms with Crippen molar-refractivity contribution in [3.05, 3.63) is 78.4 Å². The van der Waals surface area contributed by atoms with Gasteiger partial charge in [0.2, 0.25) is 0 Å². The van der Waals surface area contributed by atoms with Gasteiger partial charge in [-0.1, -0.05) is 60.7 Å². The minimum Gasteiger partial charge on any atom is -0.494 e. The third-order valence-electron chi connectivity index (χ3n) is 4.13. The Labute approximate surface area is 143 Å². The number of hydrogen-bond donors (Lipinski definition) is 0. The van der Waals surface area contributed by atoms with Gasteiger partial charge in [-0.15, -0.1) is 0 Å². The van der Waals surface area contributed by atoms with Crippen LogP contribution < -0.4 is 4.74 Å². The summed E-state index contributed by atoms with van der Waals surface area (Å²) >= 11 is 0. The highest BCUT2D eigenvalue weighted by Gasteiger charge is 2.04. The summed E-state index contributed by atoms with van der Waals surface area (Å²) < 4.78 is 5.82. The molecule has 0 aliphatic carbocycles. The van der Waals surface area contributed by atoms with Crippen LogP contribution >= 0.6 is 0 Å². The van der Waals surface area contributed by atoms with Gasteiger partial charge in [0.15, 0.2) is 5.78 Å². The van der Waals surface area contributed by atoms with Crippen molar-refractivity contribution >= 4 is 16.6 Å². The van der Waals surface area contributed by atoms with Crippen LogP contribution in [0.15, 0.2) is 72.8 Å². The molecular weight excluding hydrogens is 296 g/mol. The van der Waals surface area contributed by atoms with Crippen LogP contribution in [0, 0.1) is 0 Å². The number of Topliss-reactive ketones (excluding diaryl/α,β-unsaturated/α-hetero) is 1. The van der Waals surface area contributed by atoms with Crippen molar-refractivity contribution in [2.45, 2.75) is 25.7 Å². The first-order valence-electron chi connectivity index (χ1n) is 8.53. The normalized spacial score (nSPS) is 10.7. The van der Waals surface area contributed by atoms with Crippen LogP contribution in [-0.4, -0.2) is 12.4 Å². The summed E-state index contributed by atoms with van der Waals surface area (Å²) in [7, 11) is 0. The molecule has 0 spiro atoms. The number of carbonyl (C=O) groups excluding carboxylic acids is 1. The second kappa shape index (κ2) is 8.30. The lowest BCUT2D eigenvalue weighted by atomic mass is 10.1. The van der Waals surface area contributed by atoms with Crippen LogP contribution in [-0.2, 0) is 0 Å². The lowest BCUT2D eigenvalue weighted by molar-refractivity contribution is 0.0978. The van der Waals surface area contributed by atoms with Crippen molar-refractivity contribution in [3.8, 4) is 5.75 Å². The second-order valence-electron chi connectivity index (χ2n) is 5.96. The average Bonchev–Trinajstić information content (AvgIpc) is 2.65. The van der Waals surface area contributed by atoms with Gasteiger partial charge in [0.25, 0.3) is 0 Å². The summed E-state index contributed by atoms with van der Waals surface area (Å²) in [6.07, 6.45) is 3.50. The summed E-state index contributed by atoms with van der Waals surface area (Å²) in [5.74, 6) is 1.14. The monoisotopic (exact) mass is 318 g/mol. The van der Waals surface area contributed by atoms with E-state index in [1.165, 1.54) is 10.8 Å². The SMILES string of the molecule is O=C(CCCCCOc1ccc2ccccc2c1)c1ccccc1. The van der Waals surface area contributed by atoms with Crippen LogP contribution in [0.3, 0.4) is 0 Å². The summed E-state index contributed by atoms with van der Waals surface area (Å²) in [6.45, 7) is 0.692. The van der Waals surface area contributed by atoms with E-state index in [2.05, 4.69) is 24.3 Å². The number of benzene rings is 3. The maximum Gasteiger partial charge on any atom is 0.162 e. The highest BCUT2D eigenvalue weighted by molar-refractivity contribution is 5.95. The van der Waals surface area contributed by atoms with Crippen LogP contribution in [0.25, 0.3) is 10.8 Å². The Morgan fingerprint density at radius 2 is 1.50 bits per heavy atom. The first kappa shape index (κ1) is 16.3. The summed E-state index contributed by atoms with van der Waals surface area (Å²) in [5, 5.41) is 2.42. The smallest absolute Gasteiger partial charge is 0.162 e. The molecule has 3 aromatic carbocycles.